The van der Waals surface area contributed by atoms with E-state index in [1.165, 1.54) is 0 Å². The zero-order chi connectivity index (χ0) is 15.6. The van der Waals surface area contributed by atoms with E-state index in [4.69, 9.17) is 9.47 Å². The maximum atomic E-state index is 12.4. The maximum Gasteiger partial charge on any atom is 0.324 e. The molecule has 1 aliphatic rings. The first-order valence-corrected chi connectivity index (χ1v) is 7.49. The molecule has 1 aliphatic carbocycles. The van der Waals surface area contributed by atoms with E-state index in [9.17, 15) is 9.59 Å². The SMILES string of the molecule is CCCC(C)(C)OC(=O)C1(C(=O)OC(C)(C)C)CCC1. The van der Waals surface area contributed by atoms with E-state index >= 15 is 0 Å². The minimum absolute atomic E-state index is 0.420. The number of esters is 2. The van der Waals surface area contributed by atoms with Crippen molar-refractivity contribution in [2.45, 2.75) is 84.8 Å². The minimum atomic E-state index is -1.07. The van der Waals surface area contributed by atoms with Crippen LogP contribution in [0, 0.1) is 5.41 Å². The summed E-state index contributed by atoms with van der Waals surface area (Å²) in [5, 5.41) is 0. The maximum absolute atomic E-state index is 12.4. The molecule has 0 N–H and O–H groups in total. The Morgan fingerprint density at radius 3 is 1.85 bits per heavy atom. The predicted molar refractivity (Wildman–Crippen MR) is 77.2 cm³/mol. The topological polar surface area (TPSA) is 52.6 Å². The normalized spacial score (nSPS) is 18.1. The molecule has 0 atom stereocenters. The summed E-state index contributed by atoms with van der Waals surface area (Å²) in [7, 11) is 0. The highest BCUT2D eigenvalue weighted by Gasteiger charge is 2.55. The molecule has 0 aromatic rings. The summed E-state index contributed by atoms with van der Waals surface area (Å²) in [6.07, 6.45) is 3.64. The fourth-order valence-corrected chi connectivity index (χ4v) is 2.40. The van der Waals surface area contributed by atoms with Gasteiger partial charge in [0.05, 0.1) is 0 Å². The standard InChI is InChI=1S/C16H28O4/c1-7-9-15(5,6)20-13(18)16(10-8-11-16)12(17)19-14(2,3)4/h7-11H2,1-6H3. The highest BCUT2D eigenvalue weighted by molar-refractivity contribution is 6.01. The van der Waals surface area contributed by atoms with Gasteiger partial charge in [-0.2, -0.15) is 0 Å². The third-order valence-corrected chi connectivity index (χ3v) is 3.61. The van der Waals surface area contributed by atoms with Gasteiger partial charge in [0.1, 0.15) is 11.2 Å². The number of hydrogen-bond acceptors (Lipinski definition) is 4. The van der Waals surface area contributed by atoms with Crippen molar-refractivity contribution in [3.8, 4) is 0 Å². The van der Waals surface area contributed by atoms with Crippen LogP contribution in [0.2, 0.25) is 0 Å². The summed E-state index contributed by atoms with van der Waals surface area (Å²) in [5.74, 6) is -0.856. The minimum Gasteiger partial charge on any atom is -0.459 e. The summed E-state index contributed by atoms with van der Waals surface area (Å²) in [5.41, 5.74) is -2.19. The Balaban J connectivity index is 2.79. The van der Waals surface area contributed by atoms with Gasteiger partial charge >= 0.3 is 11.9 Å². The monoisotopic (exact) mass is 284 g/mol. The lowest BCUT2D eigenvalue weighted by molar-refractivity contribution is -0.193. The van der Waals surface area contributed by atoms with E-state index in [2.05, 4.69) is 0 Å². The summed E-state index contributed by atoms with van der Waals surface area (Å²) in [4.78, 5) is 24.8. The lowest BCUT2D eigenvalue weighted by atomic mass is 9.68. The zero-order valence-electron chi connectivity index (χ0n) is 13.7. The second-order valence-corrected chi connectivity index (χ2v) is 7.34. The Morgan fingerprint density at radius 1 is 1.00 bits per heavy atom. The van der Waals surface area contributed by atoms with Gasteiger partial charge in [-0.3, -0.25) is 9.59 Å². The van der Waals surface area contributed by atoms with Crippen molar-refractivity contribution in [2.24, 2.45) is 5.41 Å². The first-order chi connectivity index (χ1) is 9.02. The molecule has 4 heteroatoms. The summed E-state index contributed by atoms with van der Waals surface area (Å²) in [6.45, 7) is 11.2. The quantitative estimate of drug-likeness (QED) is 0.571. The molecule has 1 saturated carbocycles. The molecule has 0 heterocycles. The van der Waals surface area contributed by atoms with Crippen LogP contribution in [0.1, 0.15) is 73.6 Å². The molecule has 4 nitrogen and oxygen atoms in total. The molecule has 1 rings (SSSR count). The lowest BCUT2D eigenvalue weighted by Gasteiger charge is -2.40. The van der Waals surface area contributed by atoms with Crippen molar-refractivity contribution < 1.29 is 19.1 Å². The van der Waals surface area contributed by atoms with Crippen LogP contribution in [-0.2, 0) is 19.1 Å². The lowest BCUT2D eigenvalue weighted by Crippen LogP contribution is -2.51. The Labute approximate surface area is 122 Å². The third kappa shape index (κ3) is 3.97. The highest BCUT2D eigenvalue weighted by Crippen LogP contribution is 2.45. The summed E-state index contributed by atoms with van der Waals surface area (Å²) in [6, 6.07) is 0. The number of carbonyl (C=O) groups is 2. The molecular formula is C16H28O4. The van der Waals surface area contributed by atoms with Crippen molar-refractivity contribution >= 4 is 11.9 Å². The van der Waals surface area contributed by atoms with E-state index in [0.29, 0.717) is 12.8 Å². The average Bonchev–Trinajstić information content (AvgIpc) is 2.10. The van der Waals surface area contributed by atoms with Gasteiger partial charge in [0.25, 0.3) is 0 Å². The molecule has 20 heavy (non-hydrogen) atoms. The van der Waals surface area contributed by atoms with Crippen LogP contribution >= 0.6 is 0 Å². The molecule has 0 spiro atoms. The number of hydrogen-bond donors (Lipinski definition) is 0. The largest absolute Gasteiger partial charge is 0.459 e. The van der Waals surface area contributed by atoms with E-state index in [1.54, 1.807) is 0 Å². The molecule has 0 aromatic carbocycles. The number of ether oxygens (including phenoxy) is 2. The molecule has 0 aromatic heterocycles. The Kier molecular flexibility index (Phi) is 4.88. The summed E-state index contributed by atoms with van der Waals surface area (Å²) < 4.78 is 11.0. The van der Waals surface area contributed by atoms with Crippen LogP contribution in [0.25, 0.3) is 0 Å². The highest BCUT2D eigenvalue weighted by atomic mass is 16.6. The molecule has 0 saturated heterocycles. The van der Waals surface area contributed by atoms with Crippen molar-refractivity contribution in [3.05, 3.63) is 0 Å². The molecule has 0 amide bonds. The van der Waals surface area contributed by atoms with E-state index in [1.807, 2.05) is 41.5 Å². The molecule has 0 aliphatic heterocycles. The molecule has 0 radical (unpaired) electrons. The Bertz CT molecular complexity index is 372. The number of carbonyl (C=O) groups excluding carboxylic acids is 2. The van der Waals surface area contributed by atoms with Crippen LogP contribution in [-0.4, -0.2) is 23.1 Å². The zero-order valence-corrected chi connectivity index (χ0v) is 13.7. The van der Waals surface area contributed by atoms with E-state index < -0.39 is 28.6 Å². The van der Waals surface area contributed by atoms with Gasteiger partial charge in [-0.25, -0.2) is 0 Å². The van der Waals surface area contributed by atoms with E-state index in [-0.39, 0.29) is 0 Å². The van der Waals surface area contributed by atoms with Crippen LogP contribution in [0.3, 0.4) is 0 Å². The Morgan fingerprint density at radius 2 is 1.50 bits per heavy atom. The molecule has 0 bridgehead atoms. The second-order valence-electron chi connectivity index (χ2n) is 7.34. The predicted octanol–water partition coefficient (Wildman–Crippen LogP) is 3.62. The van der Waals surface area contributed by atoms with Crippen LogP contribution < -0.4 is 0 Å². The van der Waals surface area contributed by atoms with Crippen molar-refractivity contribution in [1.82, 2.24) is 0 Å². The smallest absolute Gasteiger partial charge is 0.324 e. The second kappa shape index (κ2) is 5.74. The van der Waals surface area contributed by atoms with E-state index in [0.717, 1.165) is 19.3 Å². The first-order valence-electron chi connectivity index (χ1n) is 7.49. The van der Waals surface area contributed by atoms with Crippen LogP contribution in [0.5, 0.6) is 0 Å². The third-order valence-electron chi connectivity index (χ3n) is 3.61. The number of rotatable bonds is 5. The fraction of sp³-hybridized carbons (Fsp3) is 0.875. The average molecular weight is 284 g/mol. The first kappa shape index (κ1) is 17.0. The van der Waals surface area contributed by atoms with Gasteiger partial charge in [0.2, 0.25) is 0 Å². The van der Waals surface area contributed by atoms with Crippen LogP contribution in [0.15, 0.2) is 0 Å². The van der Waals surface area contributed by atoms with Gasteiger partial charge in [0.15, 0.2) is 5.41 Å². The van der Waals surface area contributed by atoms with Gasteiger partial charge in [-0.05, 0) is 60.3 Å². The Hall–Kier alpha value is -1.06. The van der Waals surface area contributed by atoms with Crippen molar-refractivity contribution in [2.75, 3.05) is 0 Å². The molecular weight excluding hydrogens is 256 g/mol. The van der Waals surface area contributed by atoms with Crippen molar-refractivity contribution in [3.63, 3.8) is 0 Å². The van der Waals surface area contributed by atoms with Crippen LogP contribution in [0.4, 0.5) is 0 Å². The fourth-order valence-electron chi connectivity index (χ4n) is 2.40. The molecule has 116 valence electrons. The summed E-state index contributed by atoms with van der Waals surface area (Å²) >= 11 is 0. The molecule has 0 unspecified atom stereocenters. The van der Waals surface area contributed by atoms with Gasteiger partial charge in [0, 0.05) is 0 Å². The van der Waals surface area contributed by atoms with Crippen molar-refractivity contribution in [1.29, 1.82) is 0 Å². The molecule has 1 fully saturated rings. The van der Waals surface area contributed by atoms with Gasteiger partial charge < -0.3 is 9.47 Å². The van der Waals surface area contributed by atoms with Gasteiger partial charge in [-0.15, -0.1) is 0 Å². The van der Waals surface area contributed by atoms with Gasteiger partial charge in [-0.1, -0.05) is 13.3 Å².